The van der Waals surface area contributed by atoms with Crippen molar-refractivity contribution in [2.45, 2.75) is 13.2 Å². The topological polar surface area (TPSA) is 69.7 Å². The van der Waals surface area contributed by atoms with Gasteiger partial charge in [0.2, 0.25) is 6.79 Å². The van der Waals surface area contributed by atoms with Crippen LogP contribution < -0.4 is 19.5 Å². The average Bonchev–Trinajstić information content (AvgIpc) is 3.33. The molecule has 1 amide bonds. The summed E-state index contributed by atoms with van der Waals surface area (Å²) in [5, 5.41) is 5.12. The Kier molecular flexibility index (Phi) is 4.88. The second kappa shape index (κ2) is 7.63. The van der Waals surface area contributed by atoms with Gasteiger partial charge in [0.1, 0.15) is 28.9 Å². The number of thiazole rings is 1. The molecular formula is C19H15FN2O4S. The van der Waals surface area contributed by atoms with E-state index in [1.54, 1.807) is 17.5 Å². The Hall–Kier alpha value is -3.13. The van der Waals surface area contributed by atoms with Gasteiger partial charge >= 0.3 is 0 Å². The van der Waals surface area contributed by atoms with Crippen LogP contribution in [0.2, 0.25) is 0 Å². The van der Waals surface area contributed by atoms with Crippen molar-refractivity contribution < 1.29 is 23.4 Å². The number of fused-ring (bicyclic) bond motifs is 1. The molecule has 0 radical (unpaired) electrons. The zero-order valence-corrected chi connectivity index (χ0v) is 14.9. The van der Waals surface area contributed by atoms with Gasteiger partial charge in [-0.2, -0.15) is 0 Å². The molecule has 2 aromatic carbocycles. The number of amides is 1. The number of nitrogens with one attached hydrogen (secondary N) is 1. The van der Waals surface area contributed by atoms with Gasteiger partial charge in [-0.25, -0.2) is 9.37 Å². The smallest absolute Gasteiger partial charge is 0.271 e. The molecule has 0 unspecified atom stereocenters. The zero-order valence-electron chi connectivity index (χ0n) is 14.1. The molecule has 0 fully saturated rings. The monoisotopic (exact) mass is 386 g/mol. The van der Waals surface area contributed by atoms with E-state index in [2.05, 4.69) is 10.3 Å². The molecule has 2 heterocycles. The number of aromatic nitrogens is 1. The highest BCUT2D eigenvalue weighted by molar-refractivity contribution is 7.09. The normalized spacial score (nSPS) is 12.0. The quantitative estimate of drug-likeness (QED) is 0.702. The molecule has 3 aromatic rings. The van der Waals surface area contributed by atoms with Gasteiger partial charge in [-0.15, -0.1) is 11.3 Å². The van der Waals surface area contributed by atoms with Crippen molar-refractivity contribution in [3.8, 4) is 17.2 Å². The van der Waals surface area contributed by atoms with Gasteiger partial charge in [-0.3, -0.25) is 4.79 Å². The number of nitrogens with zero attached hydrogens (tertiary/aromatic N) is 1. The Morgan fingerprint density at radius 3 is 3.00 bits per heavy atom. The van der Waals surface area contributed by atoms with Gasteiger partial charge in [0.25, 0.3) is 5.91 Å². The molecule has 1 aliphatic rings. The molecule has 4 rings (SSSR count). The van der Waals surface area contributed by atoms with Gasteiger partial charge in [0.05, 0.1) is 0 Å². The van der Waals surface area contributed by atoms with Gasteiger partial charge in [-0.05, 0) is 29.8 Å². The van der Waals surface area contributed by atoms with Crippen molar-refractivity contribution in [1.82, 2.24) is 10.3 Å². The molecule has 0 saturated carbocycles. The summed E-state index contributed by atoms with van der Waals surface area (Å²) >= 11 is 1.31. The summed E-state index contributed by atoms with van der Waals surface area (Å²) < 4.78 is 29.2. The highest BCUT2D eigenvalue weighted by atomic mass is 32.1. The Morgan fingerprint density at radius 2 is 2.11 bits per heavy atom. The highest BCUT2D eigenvalue weighted by Crippen LogP contribution is 2.32. The number of carbonyl (C=O) groups is 1. The third kappa shape index (κ3) is 4.17. The molecule has 0 saturated heterocycles. The van der Waals surface area contributed by atoms with Crippen molar-refractivity contribution in [2.24, 2.45) is 0 Å². The summed E-state index contributed by atoms with van der Waals surface area (Å²) in [6, 6.07) is 11.4. The van der Waals surface area contributed by atoms with Gasteiger partial charge < -0.3 is 19.5 Å². The largest absolute Gasteiger partial charge is 0.486 e. The van der Waals surface area contributed by atoms with E-state index < -0.39 is 0 Å². The summed E-state index contributed by atoms with van der Waals surface area (Å²) in [4.78, 5) is 16.5. The zero-order chi connectivity index (χ0) is 18.6. The van der Waals surface area contributed by atoms with Crippen molar-refractivity contribution in [2.75, 3.05) is 6.79 Å². The number of benzene rings is 2. The molecule has 0 atom stereocenters. The van der Waals surface area contributed by atoms with Gasteiger partial charge in [0, 0.05) is 18.0 Å². The van der Waals surface area contributed by atoms with Crippen LogP contribution in [0.5, 0.6) is 17.2 Å². The maximum Gasteiger partial charge on any atom is 0.271 e. The molecule has 0 bridgehead atoms. The van der Waals surface area contributed by atoms with Crippen LogP contribution in [0.15, 0.2) is 47.8 Å². The van der Waals surface area contributed by atoms with E-state index in [-0.39, 0.29) is 25.1 Å². The van der Waals surface area contributed by atoms with E-state index in [0.717, 1.165) is 5.56 Å². The van der Waals surface area contributed by atoms with Crippen LogP contribution in [-0.2, 0) is 13.2 Å². The van der Waals surface area contributed by atoms with Crippen LogP contribution >= 0.6 is 11.3 Å². The van der Waals surface area contributed by atoms with E-state index >= 15 is 0 Å². The first-order valence-electron chi connectivity index (χ1n) is 8.17. The van der Waals surface area contributed by atoms with E-state index in [1.807, 2.05) is 18.2 Å². The Labute approximate surface area is 158 Å². The minimum Gasteiger partial charge on any atom is -0.486 e. The summed E-state index contributed by atoms with van der Waals surface area (Å²) in [5.41, 5.74) is 1.22. The first-order chi connectivity index (χ1) is 13.2. The molecule has 8 heteroatoms. The third-order valence-corrected chi connectivity index (χ3v) is 4.66. The number of hydrogen-bond donors (Lipinski definition) is 1. The number of hydrogen-bond acceptors (Lipinski definition) is 6. The van der Waals surface area contributed by atoms with Crippen molar-refractivity contribution in [3.05, 3.63) is 69.9 Å². The van der Waals surface area contributed by atoms with Crippen molar-refractivity contribution in [1.29, 1.82) is 0 Å². The molecule has 0 aliphatic carbocycles. The summed E-state index contributed by atoms with van der Waals surface area (Å²) in [6.07, 6.45) is 0. The third-order valence-electron chi connectivity index (χ3n) is 3.83. The molecule has 1 aliphatic heterocycles. The van der Waals surface area contributed by atoms with Gasteiger partial charge in [0.15, 0.2) is 11.5 Å². The minimum absolute atomic E-state index is 0.170. The lowest BCUT2D eigenvalue weighted by Crippen LogP contribution is -2.23. The van der Waals surface area contributed by atoms with Crippen LogP contribution in [0, 0.1) is 5.82 Å². The minimum atomic E-state index is -0.366. The van der Waals surface area contributed by atoms with E-state index in [0.29, 0.717) is 34.5 Å². The molecule has 1 N–H and O–H groups in total. The highest BCUT2D eigenvalue weighted by Gasteiger charge is 2.15. The Balaban J connectivity index is 1.32. The van der Waals surface area contributed by atoms with Crippen LogP contribution in [0.25, 0.3) is 0 Å². The van der Waals surface area contributed by atoms with E-state index in [1.165, 1.54) is 23.5 Å². The fourth-order valence-corrected chi connectivity index (χ4v) is 3.19. The standard InChI is InChI=1S/C19H15FN2O4S/c20-13-2-1-3-14(7-13)24-9-18-22-15(10-27-18)19(23)21-8-12-4-5-16-17(6-12)26-11-25-16/h1-7,10H,8-9,11H2,(H,21,23). The lowest BCUT2D eigenvalue weighted by atomic mass is 10.2. The Bertz CT molecular complexity index is 976. The number of halogens is 1. The summed E-state index contributed by atoms with van der Waals surface area (Å²) in [6.45, 7) is 0.732. The van der Waals surface area contributed by atoms with Crippen molar-refractivity contribution in [3.63, 3.8) is 0 Å². The lowest BCUT2D eigenvalue weighted by molar-refractivity contribution is 0.0946. The average molecular weight is 386 g/mol. The number of carbonyl (C=O) groups excluding carboxylic acids is 1. The van der Waals surface area contributed by atoms with E-state index in [9.17, 15) is 9.18 Å². The molecule has 27 heavy (non-hydrogen) atoms. The molecule has 0 spiro atoms. The maximum atomic E-state index is 13.1. The van der Waals surface area contributed by atoms with Crippen molar-refractivity contribution >= 4 is 17.2 Å². The predicted octanol–water partition coefficient (Wildman–Crippen LogP) is 3.52. The SMILES string of the molecule is O=C(NCc1ccc2c(c1)OCO2)c1csc(COc2cccc(F)c2)n1. The maximum absolute atomic E-state index is 13.1. The molecule has 6 nitrogen and oxygen atoms in total. The van der Waals surface area contributed by atoms with Crippen LogP contribution in [-0.4, -0.2) is 17.7 Å². The molecule has 1 aromatic heterocycles. The van der Waals surface area contributed by atoms with Crippen LogP contribution in [0.1, 0.15) is 21.1 Å². The summed E-state index contributed by atoms with van der Waals surface area (Å²) in [5.74, 6) is 1.15. The first-order valence-corrected chi connectivity index (χ1v) is 9.05. The molecule has 138 valence electrons. The fraction of sp³-hybridized carbons (Fsp3) is 0.158. The second-order valence-corrected chi connectivity index (χ2v) is 6.69. The van der Waals surface area contributed by atoms with E-state index in [4.69, 9.17) is 14.2 Å². The number of ether oxygens (including phenoxy) is 3. The second-order valence-electron chi connectivity index (χ2n) is 5.74. The first kappa shape index (κ1) is 17.3. The summed E-state index contributed by atoms with van der Waals surface area (Å²) in [7, 11) is 0. The Morgan fingerprint density at radius 1 is 1.22 bits per heavy atom. The fourth-order valence-electron chi connectivity index (χ4n) is 2.51. The molecular weight excluding hydrogens is 371 g/mol. The van der Waals surface area contributed by atoms with Crippen LogP contribution in [0.3, 0.4) is 0 Å². The van der Waals surface area contributed by atoms with Crippen LogP contribution in [0.4, 0.5) is 4.39 Å². The lowest BCUT2D eigenvalue weighted by Gasteiger charge is -2.05. The number of rotatable bonds is 6. The predicted molar refractivity (Wildman–Crippen MR) is 96.6 cm³/mol. The van der Waals surface area contributed by atoms with Gasteiger partial charge in [-0.1, -0.05) is 12.1 Å².